The molecule has 0 unspecified atom stereocenters. The van der Waals surface area contributed by atoms with E-state index in [9.17, 15) is 0 Å². The second-order valence-electron chi connectivity index (χ2n) is 4.13. The summed E-state index contributed by atoms with van der Waals surface area (Å²) in [4.78, 5) is 4.47. The molecule has 15 heavy (non-hydrogen) atoms. The molecule has 0 aliphatic carbocycles. The van der Waals surface area contributed by atoms with Gasteiger partial charge in [0, 0.05) is 25.9 Å². The summed E-state index contributed by atoms with van der Waals surface area (Å²) in [5.74, 6) is 2.04. The van der Waals surface area contributed by atoms with Crippen molar-refractivity contribution in [2.24, 2.45) is 7.05 Å². The number of hydrogen-bond donors (Lipinski definition) is 1. The average molecular weight is 210 g/mol. The maximum absolute atomic E-state index is 4.47. The van der Waals surface area contributed by atoms with Crippen molar-refractivity contribution in [3.8, 4) is 0 Å². The number of nitrogens with one attached hydrogen (secondary N) is 1. The maximum Gasteiger partial charge on any atom is 0.150 e. The molecule has 0 saturated heterocycles. The zero-order chi connectivity index (χ0) is 11.3. The Balaban J connectivity index is 2.33. The summed E-state index contributed by atoms with van der Waals surface area (Å²) in [6.07, 6.45) is 3.04. The van der Waals surface area contributed by atoms with Crippen LogP contribution in [-0.4, -0.2) is 27.4 Å². The fraction of sp³-hybridized carbons (Fsp3) is 0.818. The predicted molar refractivity (Wildman–Crippen MR) is 61.8 cm³/mol. The molecule has 1 aromatic heterocycles. The summed E-state index contributed by atoms with van der Waals surface area (Å²) in [7, 11) is 1.97. The van der Waals surface area contributed by atoms with Crippen LogP contribution >= 0.6 is 0 Å². The first-order valence-electron chi connectivity index (χ1n) is 5.75. The Bertz CT molecular complexity index is 291. The number of aryl methyl sites for hydroxylation is 3. The molecule has 0 aromatic carbocycles. The molecule has 0 saturated carbocycles. The van der Waals surface area contributed by atoms with Crippen molar-refractivity contribution in [3.05, 3.63) is 11.6 Å². The third-order valence-corrected chi connectivity index (χ3v) is 2.34. The molecule has 1 aromatic rings. The van der Waals surface area contributed by atoms with Crippen LogP contribution < -0.4 is 5.32 Å². The Morgan fingerprint density at radius 3 is 2.67 bits per heavy atom. The van der Waals surface area contributed by atoms with Gasteiger partial charge in [0.15, 0.2) is 5.82 Å². The molecule has 0 radical (unpaired) electrons. The van der Waals surface area contributed by atoms with Gasteiger partial charge in [-0.05, 0) is 13.0 Å². The first kappa shape index (κ1) is 12.2. The van der Waals surface area contributed by atoms with Crippen LogP contribution in [0.1, 0.15) is 38.8 Å². The Hall–Kier alpha value is -0.900. The van der Waals surface area contributed by atoms with Gasteiger partial charge in [-0.25, -0.2) is 4.98 Å². The van der Waals surface area contributed by atoms with E-state index in [1.165, 1.54) is 0 Å². The second kappa shape index (κ2) is 5.85. The quantitative estimate of drug-likeness (QED) is 0.720. The molecule has 1 heterocycles. The summed E-state index contributed by atoms with van der Waals surface area (Å²) in [6, 6.07) is 0.565. The Kier molecular flexibility index (Phi) is 4.75. The van der Waals surface area contributed by atoms with Crippen molar-refractivity contribution in [2.45, 2.75) is 46.1 Å². The van der Waals surface area contributed by atoms with E-state index < -0.39 is 0 Å². The van der Waals surface area contributed by atoms with E-state index in [1.807, 2.05) is 11.7 Å². The van der Waals surface area contributed by atoms with Gasteiger partial charge in [0.1, 0.15) is 5.82 Å². The smallest absolute Gasteiger partial charge is 0.150 e. The molecular formula is C11H22N4. The van der Waals surface area contributed by atoms with Gasteiger partial charge in [0.05, 0.1) is 0 Å². The zero-order valence-corrected chi connectivity index (χ0v) is 10.2. The first-order chi connectivity index (χ1) is 7.13. The highest BCUT2D eigenvalue weighted by molar-refractivity contribution is 4.92. The second-order valence-corrected chi connectivity index (χ2v) is 4.13. The van der Waals surface area contributed by atoms with E-state index in [4.69, 9.17) is 0 Å². The molecule has 86 valence electrons. The number of rotatable bonds is 6. The lowest BCUT2D eigenvalue weighted by atomic mass is 10.3. The van der Waals surface area contributed by atoms with Gasteiger partial charge >= 0.3 is 0 Å². The van der Waals surface area contributed by atoms with E-state index in [1.54, 1.807) is 0 Å². The van der Waals surface area contributed by atoms with Crippen LogP contribution in [0, 0.1) is 0 Å². The van der Waals surface area contributed by atoms with Crippen molar-refractivity contribution >= 4 is 0 Å². The summed E-state index contributed by atoms with van der Waals surface area (Å²) in [5.41, 5.74) is 0. The minimum absolute atomic E-state index is 0.565. The minimum Gasteiger partial charge on any atom is -0.315 e. The molecule has 0 amide bonds. The predicted octanol–water partition coefficient (Wildman–Crippen LogP) is 1.31. The number of nitrogens with zero attached hydrogens (tertiary/aromatic N) is 3. The summed E-state index contributed by atoms with van der Waals surface area (Å²) < 4.78 is 1.90. The Labute approximate surface area is 92.1 Å². The molecule has 0 aliphatic heterocycles. The molecule has 0 spiro atoms. The van der Waals surface area contributed by atoms with Crippen LogP contribution in [0.25, 0.3) is 0 Å². The molecule has 0 aliphatic rings. The van der Waals surface area contributed by atoms with Crippen molar-refractivity contribution in [1.29, 1.82) is 0 Å². The Morgan fingerprint density at radius 2 is 2.13 bits per heavy atom. The fourth-order valence-electron chi connectivity index (χ4n) is 1.48. The standard InChI is InChI=1S/C11H22N4/c1-5-10-13-11(15(4)14-10)7-6-8-12-9(2)3/h9,12H,5-8H2,1-4H3. The fourth-order valence-corrected chi connectivity index (χ4v) is 1.48. The SMILES string of the molecule is CCc1nc(CCCNC(C)C)n(C)n1. The summed E-state index contributed by atoms with van der Waals surface area (Å²) in [6.45, 7) is 7.46. The highest BCUT2D eigenvalue weighted by Crippen LogP contribution is 2.00. The zero-order valence-electron chi connectivity index (χ0n) is 10.2. The lowest BCUT2D eigenvalue weighted by molar-refractivity contribution is 0.558. The average Bonchev–Trinajstić information content (AvgIpc) is 2.54. The molecule has 1 rings (SSSR count). The normalized spacial score (nSPS) is 11.3. The van der Waals surface area contributed by atoms with Gasteiger partial charge < -0.3 is 5.32 Å². The first-order valence-corrected chi connectivity index (χ1v) is 5.75. The molecule has 0 atom stereocenters. The lowest BCUT2D eigenvalue weighted by Crippen LogP contribution is -2.24. The highest BCUT2D eigenvalue weighted by atomic mass is 15.3. The molecule has 4 heteroatoms. The van der Waals surface area contributed by atoms with Gasteiger partial charge in [-0.15, -0.1) is 0 Å². The van der Waals surface area contributed by atoms with E-state index in [0.717, 1.165) is 37.5 Å². The van der Waals surface area contributed by atoms with Crippen LogP contribution in [0.4, 0.5) is 0 Å². The topological polar surface area (TPSA) is 42.7 Å². The number of hydrogen-bond acceptors (Lipinski definition) is 3. The van der Waals surface area contributed by atoms with Crippen LogP contribution in [0.15, 0.2) is 0 Å². The molecular weight excluding hydrogens is 188 g/mol. The monoisotopic (exact) mass is 210 g/mol. The van der Waals surface area contributed by atoms with Gasteiger partial charge in [-0.2, -0.15) is 5.10 Å². The highest BCUT2D eigenvalue weighted by Gasteiger charge is 2.04. The van der Waals surface area contributed by atoms with Crippen LogP contribution in [-0.2, 0) is 19.9 Å². The third-order valence-electron chi connectivity index (χ3n) is 2.34. The molecule has 1 N–H and O–H groups in total. The molecule has 0 fully saturated rings. The van der Waals surface area contributed by atoms with Crippen molar-refractivity contribution in [1.82, 2.24) is 20.1 Å². The van der Waals surface area contributed by atoms with E-state index in [0.29, 0.717) is 6.04 Å². The Morgan fingerprint density at radius 1 is 1.40 bits per heavy atom. The van der Waals surface area contributed by atoms with E-state index in [-0.39, 0.29) is 0 Å². The lowest BCUT2D eigenvalue weighted by Gasteiger charge is -2.06. The number of aromatic nitrogens is 3. The van der Waals surface area contributed by atoms with Gasteiger partial charge in [0.25, 0.3) is 0 Å². The van der Waals surface area contributed by atoms with Gasteiger partial charge in [0.2, 0.25) is 0 Å². The van der Waals surface area contributed by atoms with Gasteiger partial charge in [-0.3, -0.25) is 4.68 Å². The van der Waals surface area contributed by atoms with Crippen molar-refractivity contribution in [3.63, 3.8) is 0 Å². The largest absolute Gasteiger partial charge is 0.315 e. The molecule has 0 bridgehead atoms. The minimum atomic E-state index is 0.565. The summed E-state index contributed by atoms with van der Waals surface area (Å²) in [5, 5.41) is 7.73. The van der Waals surface area contributed by atoms with Crippen molar-refractivity contribution in [2.75, 3.05) is 6.54 Å². The van der Waals surface area contributed by atoms with Crippen LogP contribution in [0.5, 0.6) is 0 Å². The van der Waals surface area contributed by atoms with E-state index in [2.05, 4.69) is 36.2 Å². The summed E-state index contributed by atoms with van der Waals surface area (Å²) >= 11 is 0. The van der Waals surface area contributed by atoms with E-state index >= 15 is 0 Å². The van der Waals surface area contributed by atoms with Crippen molar-refractivity contribution < 1.29 is 0 Å². The maximum atomic E-state index is 4.47. The molecule has 4 nitrogen and oxygen atoms in total. The van der Waals surface area contributed by atoms with Crippen LogP contribution in [0.3, 0.4) is 0 Å². The third kappa shape index (κ3) is 4.00. The van der Waals surface area contributed by atoms with Crippen LogP contribution in [0.2, 0.25) is 0 Å². The van der Waals surface area contributed by atoms with Gasteiger partial charge in [-0.1, -0.05) is 20.8 Å².